The van der Waals surface area contributed by atoms with E-state index in [2.05, 4.69) is 0 Å². The number of rotatable bonds is 8. The summed E-state index contributed by atoms with van der Waals surface area (Å²) in [7, 11) is 0. The van der Waals surface area contributed by atoms with Crippen molar-refractivity contribution >= 4 is 23.9 Å². The third kappa shape index (κ3) is 4.46. The van der Waals surface area contributed by atoms with E-state index in [1.807, 2.05) is 31.2 Å². The Bertz CT molecular complexity index is 866. The smallest absolute Gasteiger partial charge is 0.330 e. The molecule has 1 aliphatic heterocycles. The van der Waals surface area contributed by atoms with Crippen molar-refractivity contribution in [2.75, 3.05) is 19.8 Å². The molecule has 0 saturated heterocycles. The second-order valence-corrected chi connectivity index (χ2v) is 6.23. The summed E-state index contributed by atoms with van der Waals surface area (Å²) in [5.41, 5.74) is 1.59. The summed E-state index contributed by atoms with van der Waals surface area (Å²) in [5, 5.41) is 0. The van der Waals surface area contributed by atoms with Crippen LogP contribution in [-0.2, 0) is 9.53 Å². The van der Waals surface area contributed by atoms with E-state index in [1.54, 1.807) is 30.3 Å². The first-order chi connectivity index (χ1) is 13.6. The normalized spacial score (nSPS) is 13.1. The van der Waals surface area contributed by atoms with Crippen LogP contribution in [0.3, 0.4) is 0 Å². The predicted molar refractivity (Wildman–Crippen MR) is 104 cm³/mol. The van der Waals surface area contributed by atoms with E-state index < -0.39 is 5.97 Å². The Balaban J connectivity index is 1.47. The standard InChI is InChI=1S/C22H21NO5/c1-2-14-27-17-10-7-16(8-11-17)9-12-20(24)28-15-13-23-21(25)18-5-3-4-6-19(18)22(23)26/h3-12H,2,13-15H2,1H3/b12-9+. The quantitative estimate of drug-likeness (QED) is 0.400. The molecule has 2 aromatic rings. The molecule has 6 heteroatoms. The van der Waals surface area contributed by atoms with Gasteiger partial charge in [-0.25, -0.2) is 4.79 Å². The lowest BCUT2D eigenvalue weighted by Gasteiger charge is -2.13. The van der Waals surface area contributed by atoms with Gasteiger partial charge in [0.1, 0.15) is 12.4 Å². The van der Waals surface area contributed by atoms with E-state index in [0.717, 1.165) is 22.6 Å². The number of fused-ring (bicyclic) bond motifs is 1. The molecule has 0 radical (unpaired) electrons. The number of nitrogens with zero attached hydrogens (tertiary/aromatic N) is 1. The van der Waals surface area contributed by atoms with Crippen molar-refractivity contribution in [3.63, 3.8) is 0 Å². The van der Waals surface area contributed by atoms with E-state index in [9.17, 15) is 14.4 Å². The molecule has 1 heterocycles. The number of imide groups is 1. The average molecular weight is 379 g/mol. The molecule has 0 unspecified atom stereocenters. The van der Waals surface area contributed by atoms with Crippen LogP contribution in [0.4, 0.5) is 0 Å². The van der Waals surface area contributed by atoms with Gasteiger partial charge in [0.25, 0.3) is 11.8 Å². The van der Waals surface area contributed by atoms with E-state index in [1.165, 1.54) is 6.08 Å². The van der Waals surface area contributed by atoms with Crippen molar-refractivity contribution in [3.8, 4) is 5.75 Å². The van der Waals surface area contributed by atoms with Crippen LogP contribution in [0.5, 0.6) is 5.75 Å². The number of ether oxygens (including phenoxy) is 2. The lowest BCUT2D eigenvalue weighted by atomic mass is 10.1. The molecule has 1 aliphatic rings. The van der Waals surface area contributed by atoms with Gasteiger partial charge in [-0.15, -0.1) is 0 Å². The van der Waals surface area contributed by atoms with E-state index in [4.69, 9.17) is 9.47 Å². The van der Waals surface area contributed by atoms with Crippen LogP contribution in [0, 0.1) is 0 Å². The van der Waals surface area contributed by atoms with Gasteiger partial charge in [-0.2, -0.15) is 0 Å². The Morgan fingerprint density at radius 2 is 1.61 bits per heavy atom. The highest BCUT2D eigenvalue weighted by atomic mass is 16.5. The van der Waals surface area contributed by atoms with E-state index in [0.29, 0.717) is 17.7 Å². The third-order valence-electron chi connectivity index (χ3n) is 4.20. The highest BCUT2D eigenvalue weighted by Gasteiger charge is 2.34. The fourth-order valence-electron chi connectivity index (χ4n) is 2.79. The van der Waals surface area contributed by atoms with E-state index in [-0.39, 0.29) is 25.0 Å². The minimum absolute atomic E-state index is 0.0232. The molecule has 3 rings (SSSR count). The maximum atomic E-state index is 12.2. The van der Waals surface area contributed by atoms with Gasteiger partial charge in [0, 0.05) is 6.08 Å². The van der Waals surface area contributed by atoms with Crippen LogP contribution in [0.25, 0.3) is 6.08 Å². The number of carbonyl (C=O) groups is 3. The van der Waals surface area contributed by atoms with Crippen LogP contribution in [0.15, 0.2) is 54.6 Å². The van der Waals surface area contributed by atoms with Crippen LogP contribution >= 0.6 is 0 Å². The second-order valence-electron chi connectivity index (χ2n) is 6.23. The van der Waals surface area contributed by atoms with Gasteiger partial charge in [-0.05, 0) is 42.3 Å². The third-order valence-corrected chi connectivity index (χ3v) is 4.20. The Morgan fingerprint density at radius 1 is 0.964 bits per heavy atom. The van der Waals surface area contributed by atoms with Crippen LogP contribution in [0.1, 0.15) is 39.6 Å². The number of esters is 1. The number of hydrogen-bond acceptors (Lipinski definition) is 5. The van der Waals surface area contributed by atoms with Gasteiger partial charge in [0.05, 0.1) is 24.3 Å². The number of amides is 2. The first-order valence-electron chi connectivity index (χ1n) is 9.13. The maximum absolute atomic E-state index is 12.2. The van der Waals surface area contributed by atoms with Gasteiger partial charge in [0.15, 0.2) is 0 Å². The molecular weight excluding hydrogens is 358 g/mol. The molecule has 0 aromatic heterocycles. The zero-order valence-corrected chi connectivity index (χ0v) is 15.6. The predicted octanol–water partition coefficient (Wildman–Crippen LogP) is 3.33. The lowest BCUT2D eigenvalue weighted by molar-refractivity contribution is -0.137. The summed E-state index contributed by atoms with van der Waals surface area (Å²) in [6, 6.07) is 14.0. The van der Waals surface area contributed by atoms with Crippen molar-refractivity contribution < 1.29 is 23.9 Å². The van der Waals surface area contributed by atoms with E-state index >= 15 is 0 Å². The minimum atomic E-state index is -0.539. The molecule has 0 spiro atoms. The second kappa shape index (κ2) is 8.99. The summed E-state index contributed by atoms with van der Waals surface area (Å²) < 4.78 is 10.6. The summed E-state index contributed by atoms with van der Waals surface area (Å²) in [6.07, 6.45) is 3.88. The van der Waals surface area contributed by atoms with Crippen molar-refractivity contribution in [2.45, 2.75) is 13.3 Å². The van der Waals surface area contributed by atoms with Gasteiger partial charge in [0.2, 0.25) is 0 Å². The minimum Gasteiger partial charge on any atom is -0.494 e. The van der Waals surface area contributed by atoms with Gasteiger partial charge in [-0.1, -0.05) is 31.2 Å². The average Bonchev–Trinajstić information content (AvgIpc) is 2.96. The molecule has 0 bridgehead atoms. The summed E-state index contributed by atoms with van der Waals surface area (Å²) >= 11 is 0. The first-order valence-corrected chi connectivity index (χ1v) is 9.13. The number of hydrogen-bond donors (Lipinski definition) is 0. The van der Waals surface area contributed by atoms with Gasteiger partial charge < -0.3 is 9.47 Å². The highest BCUT2D eigenvalue weighted by Crippen LogP contribution is 2.21. The van der Waals surface area contributed by atoms with Crippen molar-refractivity contribution in [3.05, 3.63) is 71.3 Å². The Hall–Kier alpha value is -3.41. The topological polar surface area (TPSA) is 72.9 Å². The summed E-state index contributed by atoms with van der Waals surface area (Å²) in [6.45, 7) is 2.67. The molecule has 0 aliphatic carbocycles. The molecule has 144 valence electrons. The molecule has 0 fully saturated rings. The number of benzene rings is 2. The number of carbonyl (C=O) groups excluding carboxylic acids is 3. The molecule has 0 N–H and O–H groups in total. The molecule has 0 atom stereocenters. The van der Waals surface area contributed by atoms with Crippen LogP contribution < -0.4 is 4.74 Å². The van der Waals surface area contributed by atoms with Crippen molar-refractivity contribution in [1.82, 2.24) is 4.90 Å². The highest BCUT2D eigenvalue weighted by molar-refractivity contribution is 6.21. The molecule has 6 nitrogen and oxygen atoms in total. The first kappa shape index (κ1) is 19.4. The Morgan fingerprint density at radius 3 is 2.21 bits per heavy atom. The summed E-state index contributed by atoms with van der Waals surface area (Å²) in [4.78, 5) is 37.4. The maximum Gasteiger partial charge on any atom is 0.330 e. The van der Waals surface area contributed by atoms with Crippen molar-refractivity contribution in [2.24, 2.45) is 0 Å². The molecule has 2 amide bonds. The summed E-state index contributed by atoms with van der Waals surface area (Å²) in [5.74, 6) is -0.486. The molecule has 0 saturated carbocycles. The fourth-order valence-corrected chi connectivity index (χ4v) is 2.79. The van der Waals surface area contributed by atoms with Crippen LogP contribution in [-0.4, -0.2) is 42.4 Å². The van der Waals surface area contributed by atoms with Gasteiger partial charge in [-0.3, -0.25) is 14.5 Å². The van der Waals surface area contributed by atoms with Gasteiger partial charge >= 0.3 is 5.97 Å². The van der Waals surface area contributed by atoms with Crippen molar-refractivity contribution in [1.29, 1.82) is 0 Å². The zero-order valence-electron chi connectivity index (χ0n) is 15.6. The monoisotopic (exact) mass is 379 g/mol. The fraction of sp³-hybridized carbons (Fsp3) is 0.227. The largest absolute Gasteiger partial charge is 0.494 e. The molecular formula is C22H21NO5. The Labute approximate surface area is 163 Å². The Kier molecular flexibility index (Phi) is 6.22. The molecule has 2 aromatic carbocycles. The SMILES string of the molecule is CCCOc1ccc(/C=C/C(=O)OCCN2C(=O)c3ccccc3C2=O)cc1. The van der Waals surface area contributed by atoms with Crippen LogP contribution in [0.2, 0.25) is 0 Å². The molecule has 28 heavy (non-hydrogen) atoms. The zero-order chi connectivity index (χ0) is 19.9. The lowest BCUT2D eigenvalue weighted by Crippen LogP contribution is -2.33.